The molecular formula is C21H34N2O2. The number of allylic oxidation sites excluding steroid dienone is 1. The van der Waals surface area contributed by atoms with E-state index in [9.17, 15) is 4.79 Å². The van der Waals surface area contributed by atoms with Crippen molar-refractivity contribution in [2.75, 3.05) is 32.8 Å². The van der Waals surface area contributed by atoms with Crippen molar-refractivity contribution >= 4 is 5.91 Å². The molecule has 3 fully saturated rings. The number of hydrogen-bond acceptors (Lipinski definition) is 3. The van der Waals surface area contributed by atoms with Crippen LogP contribution in [0.15, 0.2) is 11.6 Å². The number of nitrogens with zero attached hydrogens (tertiary/aromatic N) is 2. The van der Waals surface area contributed by atoms with E-state index in [1.807, 2.05) is 0 Å². The summed E-state index contributed by atoms with van der Waals surface area (Å²) in [5.41, 5.74) is 1.41. The fourth-order valence-electron chi connectivity index (χ4n) is 5.20. The van der Waals surface area contributed by atoms with Crippen molar-refractivity contribution in [2.45, 2.75) is 76.3 Å². The molecule has 4 heteroatoms. The van der Waals surface area contributed by atoms with E-state index in [1.165, 1.54) is 32.2 Å². The summed E-state index contributed by atoms with van der Waals surface area (Å²) in [6.45, 7) is 6.95. The van der Waals surface area contributed by atoms with Crippen molar-refractivity contribution in [3.8, 4) is 0 Å². The van der Waals surface area contributed by atoms with E-state index in [4.69, 9.17) is 4.74 Å². The van der Waals surface area contributed by atoms with Crippen LogP contribution in [0.3, 0.4) is 0 Å². The van der Waals surface area contributed by atoms with Gasteiger partial charge in [-0.15, -0.1) is 0 Å². The summed E-state index contributed by atoms with van der Waals surface area (Å²) >= 11 is 0. The molecule has 25 heavy (non-hydrogen) atoms. The zero-order chi connectivity index (χ0) is 17.3. The minimum Gasteiger partial charge on any atom is -0.380 e. The Bertz CT molecular complexity index is 518. The highest BCUT2D eigenvalue weighted by molar-refractivity contribution is 5.93. The lowest BCUT2D eigenvalue weighted by atomic mass is 9.84. The van der Waals surface area contributed by atoms with Crippen LogP contribution in [0, 0.1) is 5.92 Å². The Morgan fingerprint density at radius 3 is 2.68 bits per heavy atom. The molecule has 2 heterocycles. The van der Waals surface area contributed by atoms with E-state index in [-0.39, 0.29) is 0 Å². The lowest BCUT2D eigenvalue weighted by Gasteiger charge is -2.47. The van der Waals surface area contributed by atoms with Gasteiger partial charge in [-0.25, -0.2) is 0 Å². The molecule has 2 aliphatic heterocycles. The van der Waals surface area contributed by atoms with E-state index in [2.05, 4.69) is 22.8 Å². The van der Waals surface area contributed by atoms with Gasteiger partial charge in [0, 0.05) is 43.4 Å². The number of rotatable bonds is 6. The van der Waals surface area contributed by atoms with Crippen molar-refractivity contribution in [1.29, 1.82) is 0 Å². The molecule has 4 rings (SSSR count). The third-order valence-corrected chi connectivity index (χ3v) is 6.96. The first kappa shape index (κ1) is 17.5. The Kier molecular flexibility index (Phi) is 5.19. The molecule has 2 saturated heterocycles. The molecule has 1 spiro atoms. The molecule has 0 aromatic heterocycles. The Morgan fingerprint density at radius 1 is 1.24 bits per heavy atom. The lowest BCUT2D eigenvalue weighted by molar-refractivity contribution is -0.130. The minimum atomic E-state index is 0.324. The Morgan fingerprint density at radius 2 is 2.04 bits per heavy atom. The fourth-order valence-corrected chi connectivity index (χ4v) is 5.20. The summed E-state index contributed by atoms with van der Waals surface area (Å²) in [6, 6.07) is 0.598. The van der Waals surface area contributed by atoms with Crippen LogP contribution in [0.4, 0.5) is 0 Å². The van der Waals surface area contributed by atoms with Crippen LogP contribution in [0.25, 0.3) is 0 Å². The number of amides is 1. The predicted octanol–water partition coefficient (Wildman–Crippen LogP) is 3.37. The van der Waals surface area contributed by atoms with E-state index in [1.54, 1.807) is 0 Å². The van der Waals surface area contributed by atoms with Crippen LogP contribution in [0.2, 0.25) is 0 Å². The quantitative estimate of drug-likeness (QED) is 0.739. The summed E-state index contributed by atoms with van der Waals surface area (Å²) in [7, 11) is 0. The second-order valence-corrected chi connectivity index (χ2v) is 8.59. The van der Waals surface area contributed by atoms with Crippen LogP contribution < -0.4 is 0 Å². The van der Waals surface area contributed by atoms with Crippen molar-refractivity contribution in [3.63, 3.8) is 0 Å². The monoisotopic (exact) mass is 346 g/mol. The third kappa shape index (κ3) is 3.66. The van der Waals surface area contributed by atoms with Crippen LogP contribution >= 0.6 is 0 Å². The first-order chi connectivity index (χ1) is 12.2. The molecule has 1 atom stereocenters. The number of ether oxygens (including phenoxy) is 1. The number of carbonyl (C=O) groups is 1. The average Bonchev–Trinajstić information content (AvgIpc) is 3.17. The highest BCUT2D eigenvalue weighted by Crippen LogP contribution is 2.45. The maximum Gasteiger partial charge on any atom is 0.249 e. The molecule has 0 radical (unpaired) electrons. The summed E-state index contributed by atoms with van der Waals surface area (Å²) < 4.78 is 5.80. The maximum atomic E-state index is 12.7. The predicted molar refractivity (Wildman–Crippen MR) is 99.4 cm³/mol. The van der Waals surface area contributed by atoms with Crippen LogP contribution in [-0.4, -0.2) is 60.1 Å². The van der Waals surface area contributed by atoms with E-state index >= 15 is 0 Å². The topological polar surface area (TPSA) is 32.8 Å². The third-order valence-electron chi connectivity index (χ3n) is 6.96. The summed E-state index contributed by atoms with van der Waals surface area (Å²) in [5, 5.41) is 0. The molecule has 0 unspecified atom stereocenters. The molecule has 0 aromatic carbocycles. The van der Waals surface area contributed by atoms with Gasteiger partial charge in [-0.05, 0) is 70.6 Å². The largest absolute Gasteiger partial charge is 0.380 e. The Labute approximate surface area is 152 Å². The van der Waals surface area contributed by atoms with Gasteiger partial charge in [0.15, 0.2) is 0 Å². The molecule has 0 aromatic rings. The molecule has 4 aliphatic rings. The van der Waals surface area contributed by atoms with E-state index in [0.29, 0.717) is 17.5 Å². The second-order valence-electron chi connectivity index (χ2n) is 8.59. The second kappa shape index (κ2) is 7.40. The molecule has 2 aliphatic carbocycles. The van der Waals surface area contributed by atoms with Gasteiger partial charge in [0.2, 0.25) is 5.91 Å². The first-order valence-corrected chi connectivity index (χ1v) is 10.5. The molecule has 1 saturated carbocycles. The summed E-state index contributed by atoms with van der Waals surface area (Å²) in [4.78, 5) is 17.7. The highest BCUT2D eigenvalue weighted by atomic mass is 16.5. The van der Waals surface area contributed by atoms with Gasteiger partial charge < -0.3 is 9.64 Å². The standard InChI is InChI=1S/C21H34N2O2/c1-2-25-16-19-9-10-21(23(19)15-17-7-8-17)11-13-22(14-12-21)20(24)18-5-3-4-6-18/h5,17,19H,2-4,6-16H2,1H3/t19-/m0/s1. The Balaban J connectivity index is 1.40. The number of likely N-dealkylation sites (tertiary alicyclic amines) is 2. The maximum absolute atomic E-state index is 12.7. The summed E-state index contributed by atoms with van der Waals surface area (Å²) in [5.74, 6) is 1.24. The highest BCUT2D eigenvalue weighted by Gasteiger charge is 2.49. The van der Waals surface area contributed by atoms with Gasteiger partial charge in [-0.2, -0.15) is 0 Å². The van der Waals surface area contributed by atoms with Gasteiger partial charge in [0.1, 0.15) is 0 Å². The van der Waals surface area contributed by atoms with Gasteiger partial charge in [-0.3, -0.25) is 9.69 Å². The SMILES string of the molecule is CCOC[C@@H]1CCC2(CCN(C(=O)C3=CCCC3)CC2)N1CC1CC1. The van der Waals surface area contributed by atoms with Gasteiger partial charge >= 0.3 is 0 Å². The van der Waals surface area contributed by atoms with E-state index in [0.717, 1.165) is 69.9 Å². The van der Waals surface area contributed by atoms with Gasteiger partial charge in [-0.1, -0.05) is 6.08 Å². The zero-order valence-electron chi connectivity index (χ0n) is 15.8. The first-order valence-electron chi connectivity index (χ1n) is 10.5. The van der Waals surface area contributed by atoms with Gasteiger partial charge in [0.05, 0.1) is 6.61 Å². The molecule has 1 amide bonds. The minimum absolute atomic E-state index is 0.324. The molecule has 0 bridgehead atoms. The molecular weight excluding hydrogens is 312 g/mol. The number of hydrogen-bond donors (Lipinski definition) is 0. The van der Waals surface area contributed by atoms with Crippen molar-refractivity contribution in [1.82, 2.24) is 9.80 Å². The summed E-state index contributed by atoms with van der Waals surface area (Å²) in [6.07, 6.45) is 13.1. The molecule has 0 N–H and O–H groups in total. The molecule has 140 valence electrons. The van der Waals surface area contributed by atoms with Crippen LogP contribution in [-0.2, 0) is 9.53 Å². The average molecular weight is 347 g/mol. The normalized spacial score (nSPS) is 29.4. The van der Waals surface area contributed by atoms with Crippen LogP contribution in [0.1, 0.15) is 64.7 Å². The number of piperidine rings is 1. The Hall–Kier alpha value is -0.870. The number of carbonyl (C=O) groups excluding carboxylic acids is 1. The van der Waals surface area contributed by atoms with Crippen LogP contribution in [0.5, 0.6) is 0 Å². The van der Waals surface area contributed by atoms with E-state index < -0.39 is 0 Å². The lowest BCUT2D eigenvalue weighted by Crippen LogP contribution is -2.56. The van der Waals surface area contributed by atoms with Crippen molar-refractivity contribution in [2.24, 2.45) is 5.92 Å². The van der Waals surface area contributed by atoms with Crippen molar-refractivity contribution in [3.05, 3.63) is 11.6 Å². The molecule has 4 nitrogen and oxygen atoms in total. The van der Waals surface area contributed by atoms with Crippen molar-refractivity contribution < 1.29 is 9.53 Å². The zero-order valence-corrected chi connectivity index (χ0v) is 15.8. The van der Waals surface area contributed by atoms with Gasteiger partial charge in [0.25, 0.3) is 0 Å². The fraction of sp³-hybridized carbons (Fsp3) is 0.857. The smallest absolute Gasteiger partial charge is 0.249 e.